The molecule has 0 radical (unpaired) electrons. The molecule has 0 atom stereocenters. The number of hydrogen-bond acceptors (Lipinski definition) is 3. The van der Waals surface area contributed by atoms with Crippen molar-refractivity contribution >= 4 is 23.7 Å². The number of nitrogens with one attached hydrogen (secondary N) is 1. The first kappa shape index (κ1) is 17.9. The van der Waals surface area contributed by atoms with E-state index in [4.69, 9.17) is 11.6 Å². The van der Waals surface area contributed by atoms with Crippen molar-refractivity contribution in [2.75, 3.05) is 0 Å². The Morgan fingerprint density at radius 3 is 2.62 bits per heavy atom. The number of rotatable bonds is 4. The van der Waals surface area contributed by atoms with Gasteiger partial charge in [0.2, 0.25) is 0 Å². The Labute approximate surface area is 157 Å². The SMILES string of the molecule is Cc1ccc(C)c(-n2nc(C)c(/C=N\NC(=O)c3ccccc3)c2Cl)c1. The maximum Gasteiger partial charge on any atom is 0.271 e. The summed E-state index contributed by atoms with van der Waals surface area (Å²) in [5.74, 6) is -0.280. The smallest absolute Gasteiger partial charge is 0.267 e. The first-order valence-corrected chi connectivity index (χ1v) is 8.56. The summed E-state index contributed by atoms with van der Waals surface area (Å²) in [6.07, 6.45) is 1.52. The van der Waals surface area contributed by atoms with Crippen molar-refractivity contribution in [1.82, 2.24) is 15.2 Å². The van der Waals surface area contributed by atoms with E-state index in [0.29, 0.717) is 16.3 Å². The normalized spacial score (nSPS) is 11.1. The van der Waals surface area contributed by atoms with Crippen LogP contribution < -0.4 is 5.43 Å². The summed E-state index contributed by atoms with van der Waals surface area (Å²) in [7, 11) is 0. The van der Waals surface area contributed by atoms with E-state index in [1.807, 2.05) is 45.0 Å². The highest BCUT2D eigenvalue weighted by atomic mass is 35.5. The quantitative estimate of drug-likeness (QED) is 0.555. The van der Waals surface area contributed by atoms with E-state index < -0.39 is 0 Å². The van der Waals surface area contributed by atoms with Gasteiger partial charge in [0.1, 0.15) is 5.15 Å². The first-order valence-electron chi connectivity index (χ1n) is 8.18. The number of carbonyl (C=O) groups is 1. The van der Waals surface area contributed by atoms with Gasteiger partial charge in [-0.1, -0.05) is 41.9 Å². The van der Waals surface area contributed by atoms with Crippen LogP contribution in [0.5, 0.6) is 0 Å². The molecule has 0 aliphatic heterocycles. The van der Waals surface area contributed by atoms with E-state index >= 15 is 0 Å². The highest BCUT2D eigenvalue weighted by molar-refractivity contribution is 6.32. The standard InChI is InChI=1S/C20H19ClN4O/c1-13-9-10-14(2)18(11-13)25-19(21)17(15(3)24-25)12-22-23-20(26)16-7-5-4-6-8-16/h4-12H,1-3H3,(H,23,26)/b22-12-. The highest BCUT2D eigenvalue weighted by Gasteiger charge is 2.15. The molecule has 3 aromatic rings. The monoisotopic (exact) mass is 366 g/mol. The first-order chi connectivity index (χ1) is 12.5. The molecular formula is C20H19ClN4O. The Hall–Kier alpha value is -2.92. The van der Waals surface area contributed by atoms with Crippen LogP contribution in [0, 0.1) is 20.8 Å². The maximum atomic E-state index is 12.0. The van der Waals surface area contributed by atoms with Gasteiger partial charge < -0.3 is 0 Å². The second kappa shape index (κ2) is 7.54. The van der Waals surface area contributed by atoms with Crippen molar-refractivity contribution in [3.63, 3.8) is 0 Å². The zero-order valence-corrected chi connectivity index (χ0v) is 15.6. The molecule has 0 aliphatic rings. The second-order valence-corrected chi connectivity index (χ2v) is 6.41. The Kier molecular flexibility index (Phi) is 5.19. The number of halogens is 1. The topological polar surface area (TPSA) is 59.3 Å². The molecule has 0 aliphatic carbocycles. The van der Waals surface area contributed by atoms with Crippen molar-refractivity contribution < 1.29 is 4.79 Å². The Balaban J connectivity index is 1.84. The van der Waals surface area contributed by atoms with Crippen LogP contribution in [0.4, 0.5) is 0 Å². The Morgan fingerprint density at radius 2 is 1.88 bits per heavy atom. The van der Waals surface area contributed by atoms with Gasteiger partial charge in [0.05, 0.1) is 23.2 Å². The van der Waals surface area contributed by atoms with Gasteiger partial charge in [-0.25, -0.2) is 10.1 Å². The fourth-order valence-corrected chi connectivity index (χ4v) is 2.89. The minimum atomic E-state index is -0.280. The van der Waals surface area contributed by atoms with Crippen molar-refractivity contribution in [3.05, 3.63) is 81.6 Å². The minimum Gasteiger partial charge on any atom is -0.267 e. The van der Waals surface area contributed by atoms with Gasteiger partial charge in [0.25, 0.3) is 5.91 Å². The average molecular weight is 367 g/mol. The molecule has 6 heteroatoms. The molecule has 1 amide bonds. The maximum absolute atomic E-state index is 12.0. The van der Waals surface area contributed by atoms with Crippen LogP contribution in [-0.2, 0) is 0 Å². The molecule has 0 saturated carbocycles. The number of nitrogens with zero attached hydrogens (tertiary/aromatic N) is 3. The lowest BCUT2D eigenvalue weighted by Crippen LogP contribution is -2.17. The number of hydrazone groups is 1. The third-order valence-corrected chi connectivity index (χ3v) is 4.40. The van der Waals surface area contributed by atoms with Crippen LogP contribution in [0.25, 0.3) is 5.69 Å². The van der Waals surface area contributed by atoms with Crippen molar-refractivity contribution in [2.45, 2.75) is 20.8 Å². The third-order valence-electron chi connectivity index (χ3n) is 4.04. The van der Waals surface area contributed by atoms with E-state index in [1.165, 1.54) is 6.21 Å². The number of hydrogen-bond donors (Lipinski definition) is 1. The summed E-state index contributed by atoms with van der Waals surface area (Å²) < 4.78 is 1.69. The Bertz CT molecular complexity index is 977. The second-order valence-electron chi connectivity index (χ2n) is 6.06. The minimum absolute atomic E-state index is 0.280. The number of amides is 1. The predicted octanol–water partition coefficient (Wildman–Crippen LogP) is 4.21. The molecule has 1 aromatic heterocycles. The molecule has 1 N–H and O–H groups in total. The van der Waals surface area contributed by atoms with E-state index in [1.54, 1.807) is 28.9 Å². The summed E-state index contributed by atoms with van der Waals surface area (Å²) in [6.45, 7) is 5.89. The number of benzene rings is 2. The summed E-state index contributed by atoms with van der Waals surface area (Å²) in [5, 5.41) is 9.00. The van der Waals surface area contributed by atoms with Crippen LogP contribution in [0.2, 0.25) is 5.15 Å². The van der Waals surface area contributed by atoms with Crippen molar-refractivity contribution in [2.24, 2.45) is 5.10 Å². The number of aryl methyl sites for hydroxylation is 3. The summed E-state index contributed by atoms with van der Waals surface area (Å²) in [5.41, 5.74) is 7.56. The number of carbonyl (C=O) groups excluding carboxylic acids is 1. The van der Waals surface area contributed by atoms with E-state index in [9.17, 15) is 4.79 Å². The van der Waals surface area contributed by atoms with Gasteiger partial charge in [-0.05, 0) is 50.1 Å². The van der Waals surface area contributed by atoms with Crippen molar-refractivity contribution in [1.29, 1.82) is 0 Å². The van der Waals surface area contributed by atoms with Crippen LogP contribution in [0.15, 0.2) is 53.6 Å². The van der Waals surface area contributed by atoms with Gasteiger partial charge in [0.15, 0.2) is 0 Å². The van der Waals surface area contributed by atoms with Gasteiger partial charge in [-0.15, -0.1) is 0 Å². The molecule has 0 unspecified atom stereocenters. The molecule has 0 fully saturated rings. The van der Waals surface area contributed by atoms with E-state index in [2.05, 4.69) is 15.6 Å². The molecule has 2 aromatic carbocycles. The zero-order valence-electron chi connectivity index (χ0n) is 14.8. The molecule has 0 bridgehead atoms. The van der Waals surface area contributed by atoms with Gasteiger partial charge in [-0.2, -0.15) is 10.2 Å². The lowest BCUT2D eigenvalue weighted by molar-refractivity contribution is 0.0955. The fraction of sp³-hybridized carbons (Fsp3) is 0.150. The van der Waals surface area contributed by atoms with Gasteiger partial charge >= 0.3 is 0 Å². The number of aromatic nitrogens is 2. The molecule has 26 heavy (non-hydrogen) atoms. The van der Waals surface area contributed by atoms with Crippen LogP contribution >= 0.6 is 11.6 Å². The molecule has 1 heterocycles. The largest absolute Gasteiger partial charge is 0.271 e. The molecule has 132 valence electrons. The molecule has 5 nitrogen and oxygen atoms in total. The molecule has 3 rings (SSSR count). The molecule has 0 spiro atoms. The van der Waals surface area contributed by atoms with Crippen LogP contribution in [0.3, 0.4) is 0 Å². The third kappa shape index (κ3) is 3.68. The molecule has 0 saturated heterocycles. The van der Waals surface area contributed by atoms with Crippen LogP contribution in [0.1, 0.15) is 32.7 Å². The van der Waals surface area contributed by atoms with Gasteiger partial charge in [-0.3, -0.25) is 4.79 Å². The highest BCUT2D eigenvalue weighted by Crippen LogP contribution is 2.24. The molecular weight excluding hydrogens is 348 g/mol. The lowest BCUT2D eigenvalue weighted by Gasteiger charge is -2.08. The van der Waals surface area contributed by atoms with E-state index in [-0.39, 0.29) is 5.91 Å². The summed E-state index contributed by atoms with van der Waals surface area (Å²) in [4.78, 5) is 12.0. The summed E-state index contributed by atoms with van der Waals surface area (Å²) >= 11 is 6.52. The van der Waals surface area contributed by atoms with E-state index in [0.717, 1.165) is 22.5 Å². The Morgan fingerprint density at radius 1 is 1.15 bits per heavy atom. The summed E-state index contributed by atoms with van der Waals surface area (Å²) in [6, 6.07) is 15.0. The average Bonchev–Trinajstić information content (AvgIpc) is 2.92. The fourth-order valence-electron chi connectivity index (χ4n) is 2.57. The van der Waals surface area contributed by atoms with Gasteiger partial charge in [0, 0.05) is 5.56 Å². The zero-order chi connectivity index (χ0) is 18.7. The van der Waals surface area contributed by atoms with Crippen LogP contribution in [-0.4, -0.2) is 21.9 Å². The van der Waals surface area contributed by atoms with Crippen molar-refractivity contribution in [3.8, 4) is 5.69 Å². The lowest BCUT2D eigenvalue weighted by atomic mass is 10.1. The predicted molar refractivity (Wildman–Crippen MR) is 104 cm³/mol.